The SMILES string of the molecule is NCc1cc(Cl)ccc1Oc1cncc(Br)c1. The molecule has 2 rings (SSSR count). The quantitative estimate of drug-likeness (QED) is 0.939. The van der Waals surface area contributed by atoms with Crippen molar-refractivity contribution in [3.8, 4) is 11.5 Å². The van der Waals surface area contributed by atoms with Crippen molar-refractivity contribution in [3.05, 3.63) is 51.7 Å². The van der Waals surface area contributed by atoms with Gasteiger partial charge in [-0.25, -0.2) is 0 Å². The molecular formula is C12H10BrClN2O. The van der Waals surface area contributed by atoms with Gasteiger partial charge < -0.3 is 10.5 Å². The van der Waals surface area contributed by atoms with E-state index in [2.05, 4.69) is 20.9 Å². The number of nitrogens with two attached hydrogens (primary N) is 1. The lowest BCUT2D eigenvalue weighted by Gasteiger charge is -2.10. The summed E-state index contributed by atoms with van der Waals surface area (Å²) >= 11 is 9.23. The summed E-state index contributed by atoms with van der Waals surface area (Å²) in [5, 5.41) is 0.644. The van der Waals surface area contributed by atoms with E-state index in [4.69, 9.17) is 22.1 Å². The minimum Gasteiger partial charge on any atom is -0.455 e. The Kier molecular flexibility index (Phi) is 3.99. The second kappa shape index (κ2) is 5.49. The predicted molar refractivity (Wildman–Crippen MR) is 71.4 cm³/mol. The highest BCUT2D eigenvalue weighted by Crippen LogP contribution is 2.28. The van der Waals surface area contributed by atoms with Crippen LogP contribution in [-0.4, -0.2) is 4.98 Å². The van der Waals surface area contributed by atoms with E-state index >= 15 is 0 Å². The Hall–Kier alpha value is -1.10. The Labute approximate surface area is 113 Å². The molecule has 2 aromatic rings. The van der Waals surface area contributed by atoms with Gasteiger partial charge in [-0.05, 0) is 40.2 Å². The van der Waals surface area contributed by atoms with E-state index in [1.807, 2.05) is 6.07 Å². The first-order valence-electron chi connectivity index (χ1n) is 4.96. The zero-order chi connectivity index (χ0) is 12.3. The van der Waals surface area contributed by atoms with Gasteiger partial charge in [-0.15, -0.1) is 0 Å². The second-order valence-corrected chi connectivity index (χ2v) is 4.75. The summed E-state index contributed by atoms with van der Waals surface area (Å²) in [5.74, 6) is 1.34. The zero-order valence-electron chi connectivity index (χ0n) is 8.86. The van der Waals surface area contributed by atoms with Crippen molar-refractivity contribution in [2.45, 2.75) is 6.54 Å². The van der Waals surface area contributed by atoms with Gasteiger partial charge in [0.25, 0.3) is 0 Å². The van der Waals surface area contributed by atoms with E-state index in [-0.39, 0.29) is 0 Å². The fraction of sp³-hybridized carbons (Fsp3) is 0.0833. The zero-order valence-corrected chi connectivity index (χ0v) is 11.2. The first-order valence-corrected chi connectivity index (χ1v) is 6.13. The molecule has 0 radical (unpaired) electrons. The summed E-state index contributed by atoms with van der Waals surface area (Å²) in [6.45, 7) is 0.372. The Morgan fingerprint density at radius 3 is 2.82 bits per heavy atom. The van der Waals surface area contributed by atoms with Gasteiger partial charge in [0.1, 0.15) is 11.5 Å². The molecule has 0 fully saturated rings. The maximum absolute atomic E-state index is 5.89. The smallest absolute Gasteiger partial charge is 0.146 e. The van der Waals surface area contributed by atoms with Gasteiger partial charge in [-0.3, -0.25) is 4.98 Å². The van der Waals surface area contributed by atoms with Crippen molar-refractivity contribution in [2.24, 2.45) is 5.73 Å². The number of aromatic nitrogens is 1. The second-order valence-electron chi connectivity index (χ2n) is 3.40. The highest BCUT2D eigenvalue weighted by atomic mass is 79.9. The molecule has 2 N–H and O–H groups in total. The molecule has 0 bridgehead atoms. The number of ether oxygens (including phenoxy) is 1. The van der Waals surface area contributed by atoms with Crippen LogP contribution in [0.5, 0.6) is 11.5 Å². The van der Waals surface area contributed by atoms with Gasteiger partial charge in [0, 0.05) is 27.8 Å². The summed E-state index contributed by atoms with van der Waals surface area (Å²) in [4.78, 5) is 4.02. The molecule has 0 aliphatic rings. The number of rotatable bonds is 3. The molecule has 0 saturated carbocycles. The van der Waals surface area contributed by atoms with Crippen LogP contribution in [0.15, 0.2) is 41.1 Å². The maximum atomic E-state index is 5.89. The molecule has 88 valence electrons. The molecule has 17 heavy (non-hydrogen) atoms. The fourth-order valence-corrected chi connectivity index (χ4v) is 1.92. The van der Waals surface area contributed by atoms with Crippen LogP contribution in [0.25, 0.3) is 0 Å². The van der Waals surface area contributed by atoms with Crippen molar-refractivity contribution >= 4 is 27.5 Å². The van der Waals surface area contributed by atoms with Crippen LogP contribution < -0.4 is 10.5 Å². The van der Waals surface area contributed by atoms with Crippen LogP contribution in [0.1, 0.15) is 5.56 Å². The van der Waals surface area contributed by atoms with E-state index in [9.17, 15) is 0 Å². The number of hydrogen-bond acceptors (Lipinski definition) is 3. The lowest BCUT2D eigenvalue weighted by molar-refractivity contribution is 0.474. The highest BCUT2D eigenvalue weighted by molar-refractivity contribution is 9.10. The number of pyridine rings is 1. The van der Waals surface area contributed by atoms with Crippen molar-refractivity contribution in [1.29, 1.82) is 0 Å². The van der Waals surface area contributed by atoms with Gasteiger partial charge in [0.15, 0.2) is 0 Å². The van der Waals surface area contributed by atoms with Gasteiger partial charge in [0.2, 0.25) is 0 Å². The molecule has 0 saturated heterocycles. The normalized spacial score (nSPS) is 10.3. The van der Waals surface area contributed by atoms with Crippen LogP contribution in [0, 0.1) is 0 Å². The lowest BCUT2D eigenvalue weighted by atomic mass is 10.2. The molecule has 1 aromatic heterocycles. The van der Waals surface area contributed by atoms with E-state index in [1.54, 1.807) is 30.6 Å². The number of benzene rings is 1. The molecular weight excluding hydrogens is 304 g/mol. The van der Waals surface area contributed by atoms with Crippen LogP contribution >= 0.6 is 27.5 Å². The van der Waals surface area contributed by atoms with E-state index in [0.29, 0.717) is 23.1 Å². The summed E-state index contributed by atoms with van der Waals surface area (Å²) in [6, 6.07) is 7.19. The maximum Gasteiger partial charge on any atom is 0.146 e. The standard InChI is InChI=1S/C12H10BrClN2O/c13-9-4-11(7-16-6-9)17-12-2-1-10(14)3-8(12)5-15/h1-4,6-7H,5,15H2. The first kappa shape index (κ1) is 12.4. The minimum absolute atomic E-state index is 0.372. The fourth-order valence-electron chi connectivity index (χ4n) is 1.38. The van der Waals surface area contributed by atoms with E-state index < -0.39 is 0 Å². The molecule has 0 amide bonds. The summed E-state index contributed by atoms with van der Waals surface area (Å²) in [6.07, 6.45) is 3.33. The third kappa shape index (κ3) is 3.19. The summed E-state index contributed by atoms with van der Waals surface area (Å²) < 4.78 is 6.56. The van der Waals surface area contributed by atoms with E-state index in [1.165, 1.54) is 0 Å². The molecule has 0 atom stereocenters. The highest BCUT2D eigenvalue weighted by Gasteiger charge is 2.05. The molecule has 0 aliphatic carbocycles. The predicted octanol–water partition coefficient (Wildman–Crippen LogP) is 3.75. The Balaban J connectivity index is 2.29. The lowest BCUT2D eigenvalue weighted by Crippen LogP contribution is -1.99. The molecule has 3 nitrogen and oxygen atoms in total. The van der Waals surface area contributed by atoms with Crippen molar-refractivity contribution in [1.82, 2.24) is 4.98 Å². The number of nitrogens with zero attached hydrogens (tertiary/aromatic N) is 1. The topological polar surface area (TPSA) is 48.1 Å². The number of hydrogen-bond donors (Lipinski definition) is 1. The molecule has 1 heterocycles. The van der Waals surface area contributed by atoms with Gasteiger partial charge >= 0.3 is 0 Å². The molecule has 0 aliphatic heterocycles. The monoisotopic (exact) mass is 312 g/mol. The van der Waals surface area contributed by atoms with Gasteiger partial charge in [-0.2, -0.15) is 0 Å². The average molecular weight is 314 g/mol. The minimum atomic E-state index is 0.372. The first-order chi connectivity index (χ1) is 8.19. The molecule has 5 heteroatoms. The van der Waals surface area contributed by atoms with Crippen LogP contribution in [0.2, 0.25) is 5.02 Å². The molecule has 0 unspecified atom stereocenters. The third-order valence-electron chi connectivity index (χ3n) is 2.15. The van der Waals surface area contributed by atoms with E-state index in [0.717, 1.165) is 10.0 Å². The van der Waals surface area contributed by atoms with Crippen molar-refractivity contribution in [2.75, 3.05) is 0 Å². The Morgan fingerprint density at radius 1 is 1.29 bits per heavy atom. The third-order valence-corrected chi connectivity index (χ3v) is 2.82. The average Bonchev–Trinajstić information content (AvgIpc) is 2.31. The van der Waals surface area contributed by atoms with Crippen molar-refractivity contribution in [3.63, 3.8) is 0 Å². The summed E-state index contributed by atoms with van der Waals surface area (Å²) in [7, 11) is 0. The number of halogens is 2. The van der Waals surface area contributed by atoms with Crippen molar-refractivity contribution < 1.29 is 4.74 Å². The molecule has 1 aromatic carbocycles. The van der Waals surface area contributed by atoms with Gasteiger partial charge in [0.05, 0.1) is 6.20 Å². The van der Waals surface area contributed by atoms with Crippen LogP contribution in [-0.2, 0) is 6.54 Å². The Morgan fingerprint density at radius 2 is 2.12 bits per heavy atom. The van der Waals surface area contributed by atoms with Crippen LogP contribution in [0.3, 0.4) is 0 Å². The largest absolute Gasteiger partial charge is 0.455 e. The molecule has 0 spiro atoms. The van der Waals surface area contributed by atoms with Gasteiger partial charge in [-0.1, -0.05) is 11.6 Å². The summed E-state index contributed by atoms with van der Waals surface area (Å²) in [5.41, 5.74) is 6.50. The Bertz CT molecular complexity index is 534. The van der Waals surface area contributed by atoms with Crippen LogP contribution in [0.4, 0.5) is 0 Å².